The molecule has 2 aromatic carbocycles. The second-order valence-electron chi connectivity index (χ2n) is 9.61. The van der Waals surface area contributed by atoms with Crippen molar-refractivity contribution in [3.05, 3.63) is 60.2 Å². The maximum atomic E-state index is 13.3. The van der Waals surface area contributed by atoms with E-state index in [1.165, 1.54) is 0 Å². The Bertz CT molecular complexity index is 1430. The molecule has 0 saturated heterocycles. The van der Waals surface area contributed by atoms with Crippen molar-refractivity contribution in [2.45, 2.75) is 64.1 Å². The molecule has 4 aromatic rings. The molecule has 10 heteroatoms. The summed E-state index contributed by atoms with van der Waals surface area (Å²) < 4.78 is 5.42. The van der Waals surface area contributed by atoms with E-state index in [0.717, 1.165) is 59.0 Å². The van der Waals surface area contributed by atoms with Gasteiger partial charge in [0.2, 0.25) is 11.7 Å². The van der Waals surface area contributed by atoms with E-state index in [1.54, 1.807) is 4.90 Å². The molecule has 2 N–H and O–H groups in total. The number of tetrazole rings is 1. The lowest BCUT2D eigenvalue weighted by Gasteiger charge is -2.40. The van der Waals surface area contributed by atoms with Gasteiger partial charge in [0.25, 0.3) is 0 Å². The van der Waals surface area contributed by atoms with Crippen molar-refractivity contribution in [1.82, 2.24) is 30.5 Å². The molecule has 0 spiro atoms. The number of nitrogens with one attached hydrogen (secondary N) is 1. The monoisotopic (exact) mass is 514 g/mol. The number of fused-ring (bicyclic) bond motifs is 1. The molecule has 196 valence electrons. The Kier molecular flexibility index (Phi) is 7.30. The SMILES string of the molecule is CCCCC(=O)N(Cc1ccc2nc(-c3ccccc3-c3nn[nH]n3)ccc2c1)C1(OC(=O)O)CCCC1. The van der Waals surface area contributed by atoms with Crippen LogP contribution in [0.2, 0.25) is 0 Å². The van der Waals surface area contributed by atoms with Crippen LogP contribution in [0.15, 0.2) is 54.6 Å². The zero-order chi connectivity index (χ0) is 26.5. The lowest BCUT2D eigenvalue weighted by atomic mass is 10.0. The minimum atomic E-state index is -1.35. The van der Waals surface area contributed by atoms with Gasteiger partial charge in [-0.3, -0.25) is 9.69 Å². The highest BCUT2D eigenvalue weighted by molar-refractivity contribution is 5.85. The van der Waals surface area contributed by atoms with Crippen LogP contribution in [0.5, 0.6) is 0 Å². The standard InChI is InChI=1S/C28H30N6O4/c1-2-3-10-25(35)34(28(38-27(36)37)15-6-7-16-28)18-19-11-13-23-20(17-19)12-14-24(29-23)21-8-4-5-9-22(21)26-30-32-33-31-26/h4-5,8-9,11-14,17H,2-3,6-7,10,15-16,18H2,1H3,(H,36,37)(H,30,31,32,33). The first-order valence-corrected chi connectivity index (χ1v) is 12.9. The third kappa shape index (κ3) is 5.20. The predicted molar refractivity (Wildman–Crippen MR) is 141 cm³/mol. The van der Waals surface area contributed by atoms with E-state index in [-0.39, 0.29) is 12.5 Å². The van der Waals surface area contributed by atoms with Gasteiger partial charge in [-0.1, -0.05) is 49.7 Å². The van der Waals surface area contributed by atoms with Gasteiger partial charge in [-0.05, 0) is 48.2 Å². The summed E-state index contributed by atoms with van der Waals surface area (Å²) in [5, 5.41) is 24.8. The van der Waals surface area contributed by atoms with Crippen molar-refractivity contribution in [1.29, 1.82) is 0 Å². The fraction of sp³-hybridized carbons (Fsp3) is 0.357. The van der Waals surface area contributed by atoms with Crippen LogP contribution in [0.25, 0.3) is 33.5 Å². The summed E-state index contributed by atoms with van der Waals surface area (Å²) in [5.41, 5.74) is 3.07. The number of benzene rings is 2. The van der Waals surface area contributed by atoms with Gasteiger partial charge in [0.15, 0.2) is 5.72 Å². The number of ether oxygens (including phenoxy) is 1. The molecule has 38 heavy (non-hydrogen) atoms. The number of aromatic amines is 1. The average Bonchev–Trinajstić information content (AvgIpc) is 3.63. The van der Waals surface area contributed by atoms with Crippen LogP contribution in [-0.4, -0.2) is 53.4 Å². The number of aromatic nitrogens is 5. The quantitative estimate of drug-likeness (QED) is 0.219. The first-order chi connectivity index (χ1) is 18.5. The van der Waals surface area contributed by atoms with E-state index in [2.05, 4.69) is 20.6 Å². The first-order valence-electron chi connectivity index (χ1n) is 12.9. The van der Waals surface area contributed by atoms with Crippen molar-refractivity contribution in [3.8, 4) is 22.6 Å². The first kappa shape index (κ1) is 25.3. The van der Waals surface area contributed by atoms with E-state index in [4.69, 9.17) is 9.72 Å². The zero-order valence-corrected chi connectivity index (χ0v) is 21.3. The van der Waals surface area contributed by atoms with Crippen LogP contribution in [0.1, 0.15) is 57.4 Å². The topological polar surface area (TPSA) is 134 Å². The molecule has 0 aliphatic heterocycles. The van der Waals surface area contributed by atoms with Crippen LogP contribution in [-0.2, 0) is 16.1 Å². The molecule has 1 aliphatic carbocycles. The van der Waals surface area contributed by atoms with E-state index in [9.17, 15) is 14.7 Å². The number of nitrogens with zero attached hydrogens (tertiary/aromatic N) is 5. The van der Waals surface area contributed by atoms with E-state index >= 15 is 0 Å². The molecule has 5 rings (SSSR count). The lowest BCUT2D eigenvalue weighted by molar-refractivity contribution is -0.165. The molecule has 2 aromatic heterocycles. The van der Waals surface area contributed by atoms with Gasteiger partial charge in [-0.2, -0.15) is 5.21 Å². The van der Waals surface area contributed by atoms with Gasteiger partial charge in [-0.15, -0.1) is 10.2 Å². The molecular weight excluding hydrogens is 484 g/mol. The summed E-state index contributed by atoms with van der Waals surface area (Å²) in [5.74, 6) is 0.414. The van der Waals surface area contributed by atoms with Gasteiger partial charge in [0.1, 0.15) is 0 Å². The highest BCUT2D eigenvalue weighted by Crippen LogP contribution is 2.38. The summed E-state index contributed by atoms with van der Waals surface area (Å²) >= 11 is 0. The molecule has 10 nitrogen and oxygen atoms in total. The number of hydrogen-bond acceptors (Lipinski definition) is 7. The molecule has 1 aliphatic rings. The van der Waals surface area contributed by atoms with Gasteiger partial charge >= 0.3 is 6.16 Å². The second-order valence-corrected chi connectivity index (χ2v) is 9.61. The number of carbonyl (C=O) groups excluding carboxylic acids is 1. The third-order valence-corrected chi connectivity index (χ3v) is 7.08. The maximum absolute atomic E-state index is 13.3. The summed E-state index contributed by atoms with van der Waals surface area (Å²) in [7, 11) is 0. The Morgan fingerprint density at radius 1 is 1.08 bits per heavy atom. The van der Waals surface area contributed by atoms with E-state index < -0.39 is 11.9 Å². The molecule has 1 saturated carbocycles. The van der Waals surface area contributed by atoms with Gasteiger partial charge in [-0.25, -0.2) is 9.78 Å². The Labute approximate surface area is 220 Å². The van der Waals surface area contributed by atoms with Crippen molar-refractivity contribution in [2.75, 3.05) is 0 Å². The largest absolute Gasteiger partial charge is 0.507 e. The highest BCUT2D eigenvalue weighted by atomic mass is 16.7. The lowest BCUT2D eigenvalue weighted by Crippen LogP contribution is -2.52. The molecule has 0 unspecified atom stereocenters. The molecular formula is C28H30N6O4. The minimum absolute atomic E-state index is 0.0818. The second kappa shape index (κ2) is 11.0. The fourth-order valence-electron chi connectivity index (χ4n) is 5.22. The van der Waals surface area contributed by atoms with Crippen LogP contribution < -0.4 is 0 Å². The third-order valence-electron chi connectivity index (χ3n) is 7.08. The van der Waals surface area contributed by atoms with Crippen molar-refractivity contribution in [2.24, 2.45) is 0 Å². The number of pyridine rings is 1. The zero-order valence-electron chi connectivity index (χ0n) is 21.3. The minimum Gasteiger partial charge on any atom is -0.450 e. The summed E-state index contributed by atoms with van der Waals surface area (Å²) in [6, 6.07) is 17.6. The number of hydrogen-bond donors (Lipinski definition) is 2. The van der Waals surface area contributed by atoms with Crippen LogP contribution in [0.4, 0.5) is 4.79 Å². The molecule has 0 bridgehead atoms. The Balaban J connectivity index is 1.46. The van der Waals surface area contributed by atoms with E-state index in [0.29, 0.717) is 25.1 Å². The molecule has 1 fully saturated rings. The summed E-state index contributed by atoms with van der Waals surface area (Å²) in [6.45, 7) is 2.30. The maximum Gasteiger partial charge on any atom is 0.507 e. The number of rotatable bonds is 9. The Hall–Kier alpha value is -4.34. The number of carbonyl (C=O) groups is 2. The average molecular weight is 515 g/mol. The number of H-pyrrole nitrogens is 1. The number of amides is 1. The summed E-state index contributed by atoms with van der Waals surface area (Å²) in [6.07, 6.45) is 3.29. The molecule has 0 atom stereocenters. The van der Waals surface area contributed by atoms with Gasteiger partial charge in [0.05, 0.1) is 11.2 Å². The van der Waals surface area contributed by atoms with Crippen molar-refractivity contribution >= 4 is 23.0 Å². The van der Waals surface area contributed by atoms with Gasteiger partial charge < -0.3 is 9.84 Å². The normalized spacial score (nSPS) is 14.4. The van der Waals surface area contributed by atoms with Crippen molar-refractivity contribution in [3.63, 3.8) is 0 Å². The van der Waals surface area contributed by atoms with Crippen LogP contribution in [0, 0.1) is 0 Å². The van der Waals surface area contributed by atoms with Gasteiger partial charge in [0, 0.05) is 42.3 Å². The number of unbranched alkanes of at least 4 members (excludes halogenated alkanes) is 1. The Morgan fingerprint density at radius 2 is 1.87 bits per heavy atom. The Morgan fingerprint density at radius 3 is 2.58 bits per heavy atom. The molecule has 2 heterocycles. The van der Waals surface area contributed by atoms with Crippen LogP contribution in [0.3, 0.4) is 0 Å². The summed E-state index contributed by atoms with van der Waals surface area (Å²) in [4.78, 5) is 31.4. The smallest absolute Gasteiger partial charge is 0.450 e. The van der Waals surface area contributed by atoms with E-state index in [1.807, 2.05) is 61.5 Å². The number of carboxylic acid groups (broad SMARTS) is 1. The predicted octanol–water partition coefficient (Wildman–Crippen LogP) is 5.57. The molecule has 0 radical (unpaired) electrons. The van der Waals surface area contributed by atoms with Crippen LogP contribution >= 0.6 is 0 Å². The molecule has 1 amide bonds. The highest BCUT2D eigenvalue weighted by Gasteiger charge is 2.45. The fourth-order valence-corrected chi connectivity index (χ4v) is 5.22. The van der Waals surface area contributed by atoms with Crippen molar-refractivity contribution < 1.29 is 19.4 Å².